The molecule has 0 spiro atoms. The first-order valence-electron chi connectivity index (χ1n) is 28.2. The van der Waals surface area contributed by atoms with Crippen molar-refractivity contribution in [1.29, 1.82) is 0 Å². The summed E-state index contributed by atoms with van der Waals surface area (Å²) in [6, 6.07) is 0. The Bertz CT molecular complexity index is 1530. The Morgan fingerprint density at radius 2 is 0.890 bits per heavy atom. The van der Waals surface area contributed by atoms with E-state index in [0.717, 1.165) is 116 Å². The summed E-state index contributed by atoms with van der Waals surface area (Å²) in [6.45, 7) is 3.50. The molecule has 2 heterocycles. The minimum Gasteiger partial charge on any atom is -0.457 e. The maximum absolute atomic E-state index is 13.0. The quantitative estimate of drug-likeness (QED) is 0.0172. The zero-order valence-electron chi connectivity index (χ0n) is 44.8. The van der Waals surface area contributed by atoms with Crippen LogP contribution in [0.1, 0.15) is 181 Å². The summed E-state index contributed by atoms with van der Waals surface area (Å²) in [4.78, 5) is 13.0. The van der Waals surface area contributed by atoms with Crippen molar-refractivity contribution in [3.8, 4) is 0 Å². The Hall–Kier alpha value is -2.83. The molecule has 420 valence electrons. The molecule has 0 saturated carbocycles. The molecule has 2 fully saturated rings. The van der Waals surface area contributed by atoms with E-state index in [1.54, 1.807) is 0 Å². The van der Waals surface area contributed by atoms with E-state index in [1.807, 2.05) is 0 Å². The smallest absolute Gasteiger partial charge is 0.306 e. The largest absolute Gasteiger partial charge is 0.457 e. The van der Waals surface area contributed by atoms with Crippen LogP contribution < -0.4 is 0 Å². The van der Waals surface area contributed by atoms with Crippen LogP contribution in [-0.2, 0) is 33.2 Å². The van der Waals surface area contributed by atoms with E-state index in [0.29, 0.717) is 13.0 Å². The molecule has 73 heavy (non-hydrogen) atoms. The number of hydrogen-bond donors (Lipinski definition) is 7. The zero-order valence-corrected chi connectivity index (χ0v) is 44.8. The first-order chi connectivity index (χ1) is 35.6. The molecule has 2 rings (SSSR count). The number of esters is 1. The standard InChI is InChI=1S/C59H100O14/c1-3-5-7-9-11-13-15-17-19-20-21-22-23-24-25-26-27-29-31-33-35-37-39-41-43-68-45-48(71-51(61)42-40-38-36-34-32-30-28-18-16-14-12-10-8-6-4-2)46-69-58-57(67)55(65)53(63)50(73-58)47-70-59-56(66)54(64)52(62)49(44-60)72-59/h5,7,11,13,17-19,21-22,24-25,27-29,48-50,52-60,62-67H,3-4,6,8-10,12,14-16,20,23,26,30-47H2,1-2H3/b7-5-,13-11-,19-17-,22-21-,25-24-,28-18-,29-27-. The number of carbonyl (C=O) groups is 1. The van der Waals surface area contributed by atoms with Crippen molar-refractivity contribution < 1.29 is 69.0 Å². The van der Waals surface area contributed by atoms with Crippen molar-refractivity contribution in [2.45, 2.75) is 248 Å². The first kappa shape index (κ1) is 66.3. The highest BCUT2D eigenvalue weighted by Gasteiger charge is 2.47. The van der Waals surface area contributed by atoms with Crippen LogP contribution in [-0.4, -0.2) is 142 Å². The van der Waals surface area contributed by atoms with Gasteiger partial charge in [-0.1, -0.05) is 170 Å². The van der Waals surface area contributed by atoms with Gasteiger partial charge in [-0.3, -0.25) is 4.79 Å². The molecule has 14 heteroatoms. The van der Waals surface area contributed by atoms with Gasteiger partial charge < -0.3 is 64.2 Å². The van der Waals surface area contributed by atoms with Crippen LogP contribution in [0.4, 0.5) is 0 Å². The lowest BCUT2D eigenvalue weighted by molar-refractivity contribution is -0.332. The van der Waals surface area contributed by atoms with Crippen LogP contribution in [0.25, 0.3) is 0 Å². The Balaban J connectivity index is 1.74. The number of allylic oxidation sites excluding steroid dienone is 14. The lowest BCUT2D eigenvalue weighted by Crippen LogP contribution is -2.61. The summed E-state index contributed by atoms with van der Waals surface area (Å²) >= 11 is 0. The van der Waals surface area contributed by atoms with E-state index in [9.17, 15) is 40.5 Å². The van der Waals surface area contributed by atoms with Crippen LogP contribution in [0.2, 0.25) is 0 Å². The fourth-order valence-corrected chi connectivity index (χ4v) is 8.34. The second kappa shape index (κ2) is 45.4. The lowest BCUT2D eigenvalue weighted by atomic mass is 9.98. The minimum absolute atomic E-state index is 0.0401. The summed E-state index contributed by atoms with van der Waals surface area (Å²) in [5.41, 5.74) is 0. The summed E-state index contributed by atoms with van der Waals surface area (Å²) in [5, 5.41) is 72.3. The fourth-order valence-electron chi connectivity index (χ4n) is 8.34. The van der Waals surface area contributed by atoms with E-state index in [1.165, 1.54) is 38.5 Å². The van der Waals surface area contributed by atoms with Crippen LogP contribution in [0.3, 0.4) is 0 Å². The van der Waals surface area contributed by atoms with Crippen LogP contribution in [0.5, 0.6) is 0 Å². The van der Waals surface area contributed by atoms with Gasteiger partial charge in [0.1, 0.15) is 54.9 Å². The number of aliphatic hydroxyl groups excluding tert-OH is 7. The summed E-state index contributed by atoms with van der Waals surface area (Å²) in [5.74, 6) is -0.395. The molecule has 7 N–H and O–H groups in total. The SMILES string of the molecule is CC/C=C\C/C=C\C/C=C\C/C=C\C/C=C\C/C=C\CCCCCCCOCC(COC1OC(COC2OC(CO)C(O)C(O)C2O)C(O)C(O)C1O)OC(=O)CCCCCCC/C=C\CCCCCCCC. The number of hydrogen-bond acceptors (Lipinski definition) is 14. The predicted octanol–water partition coefficient (Wildman–Crippen LogP) is 9.63. The minimum atomic E-state index is -1.72. The molecular weight excluding hydrogens is 933 g/mol. The molecule has 11 atom stereocenters. The summed E-state index contributed by atoms with van der Waals surface area (Å²) in [7, 11) is 0. The third-order valence-corrected chi connectivity index (χ3v) is 12.9. The molecule has 2 aliphatic heterocycles. The monoisotopic (exact) mass is 1030 g/mol. The molecule has 14 nitrogen and oxygen atoms in total. The molecule has 0 aromatic carbocycles. The number of unbranched alkanes of at least 4 members (excludes halogenated alkanes) is 16. The van der Waals surface area contributed by atoms with E-state index in [2.05, 4.69) is 98.9 Å². The fraction of sp³-hybridized carbons (Fsp3) is 0.746. The van der Waals surface area contributed by atoms with Crippen molar-refractivity contribution in [3.63, 3.8) is 0 Å². The Kier molecular flexibility index (Phi) is 41.2. The maximum atomic E-state index is 13.0. The molecule has 0 amide bonds. The number of aliphatic hydroxyl groups is 7. The third kappa shape index (κ3) is 32.4. The highest BCUT2D eigenvalue weighted by atomic mass is 16.7. The van der Waals surface area contributed by atoms with Gasteiger partial charge in [0.25, 0.3) is 0 Å². The Morgan fingerprint density at radius 3 is 1.41 bits per heavy atom. The molecule has 0 aromatic rings. The molecule has 0 aromatic heterocycles. The van der Waals surface area contributed by atoms with Gasteiger partial charge in [0.2, 0.25) is 0 Å². The number of carbonyl (C=O) groups excluding carboxylic acids is 1. The lowest BCUT2D eigenvalue weighted by Gasteiger charge is -2.42. The maximum Gasteiger partial charge on any atom is 0.306 e. The van der Waals surface area contributed by atoms with Gasteiger partial charge in [0.05, 0.1) is 26.4 Å². The second-order valence-corrected chi connectivity index (χ2v) is 19.4. The van der Waals surface area contributed by atoms with Gasteiger partial charge in [0.15, 0.2) is 12.6 Å². The van der Waals surface area contributed by atoms with E-state index in [-0.39, 0.29) is 19.6 Å². The summed E-state index contributed by atoms with van der Waals surface area (Å²) < 4.78 is 34.3. The van der Waals surface area contributed by atoms with E-state index in [4.69, 9.17) is 28.4 Å². The Morgan fingerprint density at radius 1 is 0.466 bits per heavy atom. The molecule has 2 aliphatic rings. The van der Waals surface area contributed by atoms with Gasteiger partial charge in [-0.05, 0) is 89.9 Å². The molecule has 0 aliphatic carbocycles. The number of rotatable bonds is 44. The molecule has 2 saturated heterocycles. The average Bonchev–Trinajstić information content (AvgIpc) is 3.39. The van der Waals surface area contributed by atoms with Gasteiger partial charge in [0, 0.05) is 13.0 Å². The highest BCUT2D eigenvalue weighted by Crippen LogP contribution is 2.26. The number of ether oxygens (including phenoxy) is 6. The first-order valence-corrected chi connectivity index (χ1v) is 28.2. The average molecular weight is 1030 g/mol. The van der Waals surface area contributed by atoms with Crippen LogP contribution >= 0.6 is 0 Å². The zero-order chi connectivity index (χ0) is 53.0. The van der Waals surface area contributed by atoms with Crippen molar-refractivity contribution >= 4 is 5.97 Å². The normalized spacial score (nSPS) is 25.6. The van der Waals surface area contributed by atoms with E-state index < -0.39 is 86.7 Å². The van der Waals surface area contributed by atoms with Gasteiger partial charge in [-0.15, -0.1) is 0 Å². The predicted molar refractivity (Wildman–Crippen MR) is 288 cm³/mol. The Labute approximate surface area is 439 Å². The topological polar surface area (TPSA) is 214 Å². The highest BCUT2D eigenvalue weighted by molar-refractivity contribution is 5.69. The summed E-state index contributed by atoms with van der Waals surface area (Å²) in [6.07, 6.45) is 42.1. The molecular formula is C59H100O14. The van der Waals surface area contributed by atoms with Crippen molar-refractivity contribution in [1.82, 2.24) is 0 Å². The van der Waals surface area contributed by atoms with Gasteiger partial charge >= 0.3 is 5.97 Å². The molecule has 0 radical (unpaired) electrons. The van der Waals surface area contributed by atoms with E-state index >= 15 is 0 Å². The third-order valence-electron chi connectivity index (χ3n) is 12.9. The van der Waals surface area contributed by atoms with Gasteiger partial charge in [-0.2, -0.15) is 0 Å². The second-order valence-electron chi connectivity index (χ2n) is 19.4. The van der Waals surface area contributed by atoms with Crippen molar-refractivity contribution in [2.24, 2.45) is 0 Å². The van der Waals surface area contributed by atoms with Crippen molar-refractivity contribution in [2.75, 3.05) is 33.0 Å². The van der Waals surface area contributed by atoms with Crippen molar-refractivity contribution in [3.05, 3.63) is 85.1 Å². The molecule has 11 unspecified atom stereocenters. The van der Waals surface area contributed by atoms with Crippen LogP contribution in [0, 0.1) is 0 Å². The molecule has 0 bridgehead atoms. The van der Waals surface area contributed by atoms with Crippen LogP contribution in [0.15, 0.2) is 85.1 Å². The van der Waals surface area contributed by atoms with Gasteiger partial charge in [-0.25, -0.2) is 0 Å².